The van der Waals surface area contributed by atoms with Crippen molar-refractivity contribution in [3.05, 3.63) is 60.2 Å². The SMILES string of the molecule is C(#Cc1ccc[c]n1)c1cccnc1. The summed E-state index contributed by atoms with van der Waals surface area (Å²) in [5, 5.41) is 0. The topological polar surface area (TPSA) is 25.8 Å². The van der Waals surface area contributed by atoms with Crippen LogP contribution in [0.5, 0.6) is 0 Å². The maximum absolute atomic E-state index is 3.97. The largest absolute Gasteiger partial charge is 0.263 e. The van der Waals surface area contributed by atoms with Gasteiger partial charge in [0.1, 0.15) is 5.69 Å². The van der Waals surface area contributed by atoms with Crippen molar-refractivity contribution in [2.75, 3.05) is 0 Å². The molecule has 0 aliphatic carbocycles. The zero-order chi connectivity index (χ0) is 9.64. The first-order valence-corrected chi connectivity index (χ1v) is 4.20. The predicted octanol–water partition coefficient (Wildman–Crippen LogP) is 1.68. The molecule has 0 amide bonds. The van der Waals surface area contributed by atoms with E-state index in [-0.39, 0.29) is 0 Å². The molecular weight excluding hydrogens is 172 g/mol. The second-order valence-corrected chi connectivity index (χ2v) is 2.64. The molecule has 0 spiro atoms. The summed E-state index contributed by atoms with van der Waals surface area (Å²) in [6.07, 6.45) is 6.17. The van der Waals surface area contributed by atoms with E-state index in [0.29, 0.717) is 0 Å². The third-order valence-electron chi connectivity index (χ3n) is 1.61. The number of aromatic nitrogens is 2. The lowest BCUT2D eigenvalue weighted by Gasteiger charge is -1.86. The van der Waals surface area contributed by atoms with E-state index in [1.54, 1.807) is 18.5 Å². The van der Waals surface area contributed by atoms with E-state index in [2.05, 4.69) is 28.0 Å². The third-order valence-corrected chi connectivity index (χ3v) is 1.61. The van der Waals surface area contributed by atoms with Crippen LogP contribution in [0, 0.1) is 18.0 Å². The fourth-order valence-electron chi connectivity index (χ4n) is 0.969. The number of hydrogen-bond donors (Lipinski definition) is 0. The number of pyridine rings is 2. The van der Waals surface area contributed by atoms with Gasteiger partial charge in [-0.1, -0.05) is 12.0 Å². The molecule has 0 bridgehead atoms. The molecule has 0 fully saturated rings. The summed E-state index contributed by atoms with van der Waals surface area (Å²) in [5.41, 5.74) is 1.61. The highest BCUT2D eigenvalue weighted by Gasteiger charge is 1.85. The molecule has 2 heteroatoms. The van der Waals surface area contributed by atoms with E-state index in [9.17, 15) is 0 Å². The lowest BCUT2D eigenvalue weighted by atomic mass is 10.3. The molecule has 2 aromatic rings. The van der Waals surface area contributed by atoms with Crippen LogP contribution in [0.4, 0.5) is 0 Å². The van der Waals surface area contributed by atoms with E-state index in [4.69, 9.17) is 0 Å². The van der Waals surface area contributed by atoms with Crippen LogP contribution in [0.25, 0.3) is 0 Å². The van der Waals surface area contributed by atoms with Gasteiger partial charge in [0, 0.05) is 18.0 Å². The molecule has 0 saturated heterocycles. The van der Waals surface area contributed by atoms with Crippen molar-refractivity contribution in [3.63, 3.8) is 0 Å². The quantitative estimate of drug-likeness (QED) is 0.575. The first-order valence-electron chi connectivity index (χ1n) is 4.20. The fraction of sp³-hybridized carbons (Fsp3) is 0. The second kappa shape index (κ2) is 4.20. The van der Waals surface area contributed by atoms with Crippen molar-refractivity contribution >= 4 is 0 Å². The number of nitrogens with zero attached hydrogens (tertiary/aromatic N) is 2. The zero-order valence-electron chi connectivity index (χ0n) is 7.44. The predicted molar refractivity (Wildman–Crippen MR) is 53.3 cm³/mol. The van der Waals surface area contributed by atoms with Gasteiger partial charge in [-0.15, -0.1) is 0 Å². The van der Waals surface area contributed by atoms with Gasteiger partial charge >= 0.3 is 0 Å². The summed E-state index contributed by atoms with van der Waals surface area (Å²) in [6, 6.07) is 9.22. The molecule has 0 aromatic carbocycles. The second-order valence-electron chi connectivity index (χ2n) is 2.64. The Morgan fingerprint density at radius 3 is 2.86 bits per heavy atom. The van der Waals surface area contributed by atoms with Crippen molar-refractivity contribution in [2.24, 2.45) is 0 Å². The first kappa shape index (κ1) is 8.46. The number of hydrogen-bond acceptors (Lipinski definition) is 2. The molecule has 0 aliphatic rings. The van der Waals surface area contributed by atoms with Crippen molar-refractivity contribution in [1.82, 2.24) is 9.97 Å². The molecule has 0 atom stereocenters. The Hall–Kier alpha value is -2.14. The van der Waals surface area contributed by atoms with Gasteiger partial charge in [0.15, 0.2) is 0 Å². The monoisotopic (exact) mass is 179 g/mol. The van der Waals surface area contributed by atoms with Crippen molar-refractivity contribution < 1.29 is 0 Å². The Kier molecular flexibility index (Phi) is 2.54. The summed E-state index contributed by atoms with van der Waals surface area (Å²) >= 11 is 0. The van der Waals surface area contributed by atoms with Gasteiger partial charge in [-0.25, -0.2) is 4.98 Å². The van der Waals surface area contributed by atoms with Crippen LogP contribution >= 0.6 is 0 Å². The van der Waals surface area contributed by atoms with Gasteiger partial charge in [0.05, 0.1) is 6.20 Å². The molecule has 0 N–H and O–H groups in total. The molecule has 2 rings (SSSR count). The average molecular weight is 179 g/mol. The number of rotatable bonds is 0. The summed E-state index contributed by atoms with van der Waals surface area (Å²) in [5.74, 6) is 5.89. The van der Waals surface area contributed by atoms with Gasteiger partial charge in [0.2, 0.25) is 0 Å². The minimum Gasteiger partial charge on any atom is -0.263 e. The minimum atomic E-state index is 0.719. The maximum Gasteiger partial charge on any atom is 0.114 e. The molecule has 2 aromatic heterocycles. The molecule has 0 aliphatic heterocycles. The molecule has 1 radical (unpaired) electrons. The summed E-state index contributed by atoms with van der Waals surface area (Å²) in [7, 11) is 0. The molecule has 65 valence electrons. The van der Waals surface area contributed by atoms with Gasteiger partial charge in [-0.2, -0.15) is 0 Å². The lowest BCUT2D eigenvalue weighted by Crippen LogP contribution is -1.80. The molecular formula is C12H7N2. The Morgan fingerprint density at radius 2 is 2.14 bits per heavy atom. The Balaban J connectivity index is 2.24. The van der Waals surface area contributed by atoms with Gasteiger partial charge in [-0.3, -0.25) is 4.98 Å². The van der Waals surface area contributed by atoms with Crippen LogP contribution in [0.3, 0.4) is 0 Å². The molecule has 0 saturated carbocycles. The molecule has 2 heterocycles. The molecule has 14 heavy (non-hydrogen) atoms. The van der Waals surface area contributed by atoms with Gasteiger partial charge < -0.3 is 0 Å². The molecule has 0 unspecified atom stereocenters. The van der Waals surface area contributed by atoms with Gasteiger partial charge in [-0.05, 0) is 30.2 Å². The molecule has 2 nitrogen and oxygen atoms in total. The van der Waals surface area contributed by atoms with Crippen LogP contribution in [-0.2, 0) is 0 Å². The van der Waals surface area contributed by atoms with E-state index in [0.717, 1.165) is 11.3 Å². The van der Waals surface area contributed by atoms with Crippen LogP contribution in [0.2, 0.25) is 0 Å². The standard InChI is InChI=1S/C12H7N2/c1-2-9-14-12(5-1)7-6-11-4-3-8-13-10-11/h1-5,8,10H. The Bertz CT molecular complexity index is 408. The van der Waals surface area contributed by atoms with E-state index < -0.39 is 0 Å². The first-order chi connectivity index (χ1) is 6.95. The maximum atomic E-state index is 3.97. The smallest absolute Gasteiger partial charge is 0.114 e. The summed E-state index contributed by atoms with van der Waals surface area (Å²) < 4.78 is 0. The third kappa shape index (κ3) is 2.18. The van der Waals surface area contributed by atoms with E-state index >= 15 is 0 Å². The zero-order valence-corrected chi connectivity index (χ0v) is 7.44. The van der Waals surface area contributed by atoms with Crippen LogP contribution in [-0.4, -0.2) is 9.97 Å². The minimum absolute atomic E-state index is 0.719. The Labute approximate surface area is 82.7 Å². The van der Waals surface area contributed by atoms with Crippen molar-refractivity contribution in [2.45, 2.75) is 0 Å². The summed E-state index contributed by atoms with van der Waals surface area (Å²) in [6.45, 7) is 0. The highest BCUT2D eigenvalue weighted by Crippen LogP contribution is 1.94. The summed E-state index contributed by atoms with van der Waals surface area (Å²) in [4.78, 5) is 7.94. The van der Waals surface area contributed by atoms with Gasteiger partial charge in [0.25, 0.3) is 0 Å². The Morgan fingerprint density at radius 1 is 1.14 bits per heavy atom. The normalized spacial score (nSPS) is 8.86. The average Bonchev–Trinajstić information content (AvgIpc) is 2.29. The van der Waals surface area contributed by atoms with E-state index in [1.807, 2.05) is 24.3 Å². The van der Waals surface area contributed by atoms with Crippen molar-refractivity contribution in [1.29, 1.82) is 0 Å². The van der Waals surface area contributed by atoms with Crippen molar-refractivity contribution in [3.8, 4) is 11.8 Å². The van der Waals surface area contributed by atoms with E-state index in [1.165, 1.54) is 0 Å². The van der Waals surface area contributed by atoms with Crippen LogP contribution in [0.1, 0.15) is 11.3 Å². The highest BCUT2D eigenvalue weighted by atomic mass is 14.6. The highest BCUT2D eigenvalue weighted by molar-refractivity contribution is 5.37. The fourth-order valence-corrected chi connectivity index (χ4v) is 0.969. The van der Waals surface area contributed by atoms with Crippen LogP contribution < -0.4 is 0 Å². The van der Waals surface area contributed by atoms with Crippen LogP contribution in [0.15, 0.2) is 42.7 Å². The lowest BCUT2D eigenvalue weighted by molar-refractivity contribution is 1.27.